The molecule has 0 N–H and O–H groups in total. The van der Waals surface area contributed by atoms with Crippen molar-refractivity contribution >= 4 is 41.7 Å². The molecule has 0 saturated carbocycles. The Balaban J connectivity index is 2.44. The summed E-state index contributed by atoms with van der Waals surface area (Å²) in [5, 5.41) is 0.910. The van der Waals surface area contributed by atoms with Gasteiger partial charge in [-0.15, -0.1) is 0 Å². The van der Waals surface area contributed by atoms with Crippen LogP contribution in [0, 0.1) is 5.92 Å². The maximum absolute atomic E-state index is 11.1. The highest BCUT2D eigenvalue weighted by Gasteiger charge is 2.10. The molecular formula is C13H18Br2O2S. The summed E-state index contributed by atoms with van der Waals surface area (Å²) in [4.78, 5) is 0. The number of halogens is 2. The summed E-state index contributed by atoms with van der Waals surface area (Å²) < 4.78 is 23.2. The van der Waals surface area contributed by atoms with Gasteiger partial charge in [-0.05, 0) is 42.9 Å². The van der Waals surface area contributed by atoms with Gasteiger partial charge in [0, 0.05) is 21.8 Å². The largest absolute Gasteiger partial charge is 0.229 e. The second-order valence-electron chi connectivity index (χ2n) is 4.62. The summed E-state index contributed by atoms with van der Waals surface area (Å²) in [6.07, 6.45) is 3.97. The van der Waals surface area contributed by atoms with E-state index < -0.39 is 9.84 Å². The summed E-state index contributed by atoms with van der Waals surface area (Å²) >= 11 is 6.93. The molecule has 0 amide bonds. The standard InChI is InChI=1S/C13H18Br2O2S/c1-18(16,17)8-2-3-12(10-14)9-11-4-6-13(15)7-5-11/h4-7,12H,2-3,8-10H2,1H3. The molecular weight excluding hydrogens is 380 g/mol. The van der Waals surface area contributed by atoms with E-state index in [4.69, 9.17) is 0 Å². The van der Waals surface area contributed by atoms with Crippen molar-refractivity contribution in [2.24, 2.45) is 5.92 Å². The zero-order valence-electron chi connectivity index (χ0n) is 10.4. The third kappa shape index (κ3) is 6.90. The summed E-state index contributed by atoms with van der Waals surface area (Å²) in [5.74, 6) is 0.782. The molecule has 0 bridgehead atoms. The lowest BCUT2D eigenvalue weighted by Gasteiger charge is -2.13. The van der Waals surface area contributed by atoms with Crippen LogP contribution in [0.3, 0.4) is 0 Å². The first-order valence-electron chi connectivity index (χ1n) is 5.89. The van der Waals surface area contributed by atoms with Crippen LogP contribution in [0.5, 0.6) is 0 Å². The zero-order valence-corrected chi connectivity index (χ0v) is 14.4. The first kappa shape index (κ1) is 16.2. The van der Waals surface area contributed by atoms with E-state index in [1.165, 1.54) is 11.8 Å². The maximum Gasteiger partial charge on any atom is 0.147 e. The van der Waals surface area contributed by atoms with Gasteiger partial charge in [0.05, 0.1) is 0 Å². The van der Waals surface area contributed by atoms with Gasteiger partial charge in [-0.2, -0.15) is 0 Å². The Morgan fingerprint density at radius 2 is 1.83 bits per heavy atom. The van der Waals surface area contributed by atoms with Crippen LogP contribution < -0.4 is 0 Å². The van der Waals surface area contributed by atoms with E-state index >= 15 is 0 Å². The van der Waals surface area contributed by atoms with Crippen molar-refractivity contribution in [2.75, 3.05) is 17.3 Å². The predicted octanol–water partition coefficient (Wildman–Crippen LogP) is 3.83. The number of hydrogen-bond acceptors (Lipinski definition) is 2. The molecule has 1 rings (SSSR count). The second kappa shape index (κ2) is 7.65. The van der Waals surface area contributed by atoms with Gasteiger partial charge in [-0.3, -0.25) is 0 Å². The van der Waals surface area contributed by atoms with E-state index in [-0.39, 0.29) is 5.75 Å². The number of benzene rings is 1. The first-order valence-corrected chi connectivity index (χ1v) is 9.86. The molecule has 0 radical (unpaired) electrons. The average molecular weight is 398 g/mol. The third-order valence-corrected chi connectivity index (χ3v) is 5.26. The summed E-state index contributed by atoms with van der Waals surface area (Å²) in [5.41, 5.74) is 1.29. The maximum atomic E-state index is 11.1. The monoisotopic (exact) mass is 396 g/mol. The van der Waals surface area contributed by atoms with Crippen LogP contribution in [0.4, 0.5) is 0 Å². The molecule has 102 valence electrons. The van der Waals surface area contributed by atoms with Gasteiger partial charge in [-0.25, -0.2) is 8.42 Å². The lowest BCUT2D eigenvalue weighted by molar-refractivity contribution is 0.529. The van der Waals surface area contributed by atoms with Gasteiger partial charge in [0.2, 0.25) is 0 Å². The Morgan fingerprint density at radius 3 is 2.33 bits per heavy atom. The minimum absolute atomic E-state index is 0.289. The minimum Gasteiger partial charge on any atom is -0.229 e. The summed E-state index contributed by atoms with van der Waals surface area (Å²) in [7, 11) is -2.83. The van der Waals surface area contributed by atoms with Gasteiger partial charge in [0.1, 0.15) is 9.84 Å². The zero-order chi connectivity index (χ0) is 13.6. The molecule has 1 atom stereocenters. The van der Waals surface area contributed by atoms with Crippen LogP contribution >= 0.6 is 31.9 Å². The Morgan fingerprint density at radius 1 is 1.22 bits per heavy atom. The predicted molar refractivity (Wildman–Crippen MR) is 84.1 cm³/mol. The highest BCUT2D eigenvalue weighted by atomic mass is 79.9. The van der Waals surface area contributed by atoms with Gasteiger partial charge < -0.3 is 0 Å². The van der Waals surface area contributed by atoms with E-state index in [0.29, 0.717) is 5.92 Å². The number of rotatable bonds is 7. The van der Waals surface area contributed by atoms with E-state index in [9.17, 15) is 8.42 Å². The lowest BCUT2D eigenvalue weighted by atomic mass is 9.97. The molecule has 0 fully saturated rings. The van der Waals surface area contributed by atoms with Crippen molar-refractivity contribution in [3.8, 4) is 0 Å². The summed E-state index contributed by atoms with van der Waals surface area (Å²) in [6.45, 7) is 0. The Labute approximate surface area is 126 Å². The van der Waals surface area contributed by atoms with Gasteiger partial charge >= 0.3 is 0 Å². The second-order valence-corrected chi connectivity index (χ2v) is 8.45. The topological polar surface area (TPSA) is 34.1 Å². The van der Waals surface area contributed by atoms with Crippen LogP contribution in [0.25, 0.3) is 0 Å². The van der Waals surface area contributed by atoms with Crippen LogP contribution in [-0.2, 0) is 16.3 Å². The highest BCUT2D eigenvalue weighted by Crippen LogP contribution is 2.19. The molecule has 0 spiro atoms. The Kier molecular flexibility index (Phi) is 6.88. The van der Waals surface area contributed by atoms with E-state index in [0.717, 1.165) is 29.1 Å². The molecule has 5 heteroatoms. The van der Waals surface area contributed by atoms with Gasteiger partial charge in [0.15, 0.2) is 0 Å². The molecule has 2 nitrogen and oxygen atoms in total. The van der Waals surface area contributed by atoms with Crippen LogP contribution in [0.15, 0.2) is 28.7 Å². The fourth-order valence-electron chi connectivity index (χ4n) is 1.82. The van der Waals surface area contributed by atoms with Crippen molar-refractivity contribution in [2.45, 2.75) is 19.3 Å². The molecule has 1 aromatic carbocycles. The van der Waals surface area contributed by atoms with E-state index in [2.05, 4.69) is 44.0 Å². The Bertz CT molecular complexity index is 454. The van der Waals surface area contributed by atoms with Crippen molar-refractivity contribution in [1.82, 2.24) is 0 Å². The van der Waals surface area contributed by atoms with Crippen LogP contribution in [0.2, 0.25) is 0 Å². The molecule has 0 aliphatic heterocycles. The van der Waals surface area contributed by atoms with Crippen molar-refractivity contribution in [3.63, 3.8) is 0 Å². The van der Waals surface area contributed by atoms with Crippen LogP contribution in [0.1, 0.15) is 18.4 Å². The fourth-order valence-corrected chi connectivity index (χ4v) is 3.33. The molecule has 0 heterocycles. The lowest BCUT2D eigenvalue weighted by Crippen LogP contribution is -2.10. The van der Waals surface area contributed by atoms with Crippen molar-refractivity contribution < 1.29 is 8.42 Å². The molecule has 18 heavy (non-hydrogen) atoms. The molecule has 1 unspecified atom stereocenters. The smallest absolute Gasteiger partial charge is 0.147 e. The Hall–Kier alpha value is 0.130. The van der Waals surface area contributed by atoms with E-state index in [1.54, 1.807) is 0 Å². The third-order valence-electron chi connectivity index (χ3n) is 2.78. The summed E-state index contributed by atoms with van der Waals surface area (Å²) in [6, 6.07) is 8.29. The first-order chi connectivity index (χ1) is 8.40. The molecule has 0 saturated heterocycles. The van der Waals surface area contributed by atoms with E-state index in [1.807, 2.05) is 12.1 Å². The average Bonchev–Trinajstić information content (AvgIpc) is 2.29. The molecule has 1 aromatic rings. The SMILES string of the molecule is CS(=O)(=O)CCCC(CBr)Cc1ccc(Br)cc1. The minimum atomic E-state index is -2.83. The fraction of sp³-hybridized carbons (Fsp3) is 0.538. The van der Waals surface area contributed by atoms with Crippen LogP contribution in [-0.4, -0.2) is 25.8 Å². The number of alkyl halides is 1. The van der Waals surface area contributed by atoms with Gasteiger partial charge in [0.25, 0.3) is 0 Å². The quantitative estimate of drug-likeness (QED) is 0.655. The van der Waals surface area contributed by atoms with Crippen molar-refractivity contribution in [1.29, 1.82) is 0 Å². The number of hydrogen-bond donors (Lipinski definition) is 0. The number of sulfone groups is 1. The molecule has 0 aliphatic rings. The van der Waals surface area contributed by atoms with Crippen molar-refractivity contribution in [3.05, 3.63) is 34.3 Å². The molecule has 0 aliphatic carbocycles. The molecule has 0 aromatic heterocycles. The van der Waals surface area contributed by atoms with Gasteiger partial charge in [-0.1, -0.05) is 44.0 Å². The highest BCUT2D eigenvalue weighted by molar-refractivity contribution is 9.10. The normalized spacial score (nSPS) is 13.5.